The Hall–Kier alpha value is -0.350. The zero-order valence-corrected chi connectivity index (χ0v) is 18.5. The van der Waals surface area contributed by atoms with Crippen LogP contribution >= 0.6 is 24.8 Å². The number of carbonyl (C=O) groups is 1. The van der Waals surface area contributed by atoms with Crippen molar-refractivity contribution < 1.29 is 29.2 Å². The molecule has 0 aliphatic carbocycles. The lowest BCUT2D eigenvalue weighted by molar-refractivity contribution is 0.0249. The molecule has 2 fully saturated rings. The number of hydrogen-bond acceptors (Lipinski definition) is 7. The van der Waals surface area contributed by atoms with Crippen molar-refractivity contribution in [1.29, 1.82) is 0 Å². The van der Waals surface area contributed by atoms with Crippen LogP contribution in [-0.4, -0.2) is 92.6 Å². The van der Waals surface area contributed by atoms with Crippen molar-refractivity contribution in [2.45, 2.75) is 38.6 Å². The van der Waals surface area contributed by atoms with Gasteiger partial charge in [0.25, 0.3) is 0 Å². The van der Waals surface area contributed by atoms with E-state index in [1.807, 2.05) is 20.8 Å². The highest BCUT2D eigenvalue weighted by Gasteiger charge is 2.36. The van der Waals surface area contributed by atoms with E-state index in [-0.39, 0.29) is 62.2 Å². The number of likely N-dealkylation sites (tertiary alicyclic amines) is 1. The van der Waals surface area contributed by atoms with Crippen LogP contribution in [0.4, 0.5) is 4.79 Å². The lowest BCUT2D eigenvalue weighted by atomic mass is 10.1. The van der Waals surface area contributed by atoms with Gasteiger partial charge in [0, 0.05) is 52.3 Å². The maximum absolute atomic E-state index is 11.8. The highest BCUT2D eigenvalue weighted by molar-refractivity contribution is 5.85. The average Bonchev–Trinajstić information content (AvgIpc) is 3.19. The van der Waals surface area contributed by atoms with Crippen molar-refractivity contribution in [1.82, 2.24) is 10.2 Å². The van der Waals surface area contributed by atoms with Gasteiger partial charge in [-0.25, -0.2) is 4.79 Å². The van der Waals surface area contributed by atoms with Crippen LogP contribution in [0.1, 0.15) is 20.8 Å². The lowest BCUT2D eigenvalue weighted by Crippen LogP contribution is -2.36. The molecule has 2 aliphatic heterocycles. The second-order valence-electron chi connectivity index (χ2n) is 7.48. The van der Waals surface area contributed by atoms with Crippen molar-refractivity contribution in [3.8, 4) is 0 Å². The smallest absolute Gasteiger partial charge is 0.410 e. The summed E-state index contributed by atoms with van der Waals surface area (Å²) in [6, 6.07) is 0. The van der Waals surface area contributed by atoms with Crippen LogP contribution in [0, 0.1) is 11.8 Å². The third kappa shape index (κ3) is 9.60. The summed E-state index contributed by atoms with van der Waals surface area (Å²) in [7, 11) is 3.27. The number of rotatable bonds is 4. The second-order valence-corrected chi connectivity index (χ2v) is 7.48. The molecule has 0 aromatic carbocycles. The van der Waals surface area contributed by atoms with E-state index in [9.17, 15) is 4.79 Å². The summed E-state index contributed by atoms with van der Waals surface area (Å²) in [4.78, 5) is 13.3. The standard InChI is InChI=1S/C11H21NO4.C6H13NO2.2ClH/c1-11(2,3)16-10(14)12-5-8(7-13)9(6-12)15-4;1-9-6-3-7-2-5(6)4-8;;/h8-9,13H,5-7H2,1-4H3;5-8H,2-4H2,1H3;2*1H/t8-,9+;5-,6+;;/m11../s1. The van der Waals surface area contributed by atoms with Gasteiger partial charge in [-0.2, -0.15) is 0 Å². The first-order valence-electron chi connectivity index (χ1n) is 8.71. The summed E-state index contributed by atoms with van der Waals surface area (Å²) in [5.41, 5.74) is -0.489. The van der Waals surface area contributed by atoms with E-state index in [0.717, 1.165) is 13.1 Å². The average molecular weight is 435 g/mol. The minimum Gasteiger partial charge on any atom is -0.444 e. The molecule has 4 atom stereocenters. The fourth-order valence-electron chi connectivity index (χ4n) is 2.93. The van der Waals surface area contributed by atoms with Gasteiger partial charge in [-0.3, -0.25) is 0 Å². The van der Waals surface area contributed by atoms with Crippen LogP contribution in [0.25, 0.3) is 0 Å². The predicted octanol–water partition coefficient (Wildman–Crippen LogP) is 0.917. The summed E-state index contributed by atoms with van der Waals surface area (Å²) in [6.07, 6.45) is -0.224. The number of carbonyl (C=O) groups excluding carboxylic acids is 1. The number of amides is 1. The van der Waals surface area contributed by atoms with Gasteiger partial charge in [-0.05, 0) is 20.8 Å². The Morgan fingerprint density at radius 2 is 1.56 bits per heavy atom. The molecule has 0 saturated carbocycles. The van der Waals surface area contributed by atoms with Crippen LogP contribution in [0.15, 0.2) is 0 Å². The summed E-state index contributed by atoms with van der Waals surface area (Å²) < 4.78 is 15.6. The fourth-order valence-corrected chi connectivity index (χ4v) is 2.93. The summed E-state index contributed by atoms with van der Waals surface area (Å²) in [6.45, 7) is 8.48. The van der Waals surface area contributed by atoms with Crippen molar-refractivity contribution in [2.24, 2.45) is 11.8 Å². The zero-order valence-electron chi connectivity index (χ0n) is 16.8. The van der Waals surface area contributed by atoms with Gasteiger partial charge < -0.3 is 34.6 Å². The fraction of sp³-hybridized carbons (Fsp3) is 0.941. The molecule has 8 nitrogen and oxygen atoms in total. The highest BCUT2D eigenvalue weighted by atomic mass is 35.5. The zero-order chi connectivity index (χ0) is 19.0. The molecule has 0 bridgehead atoms. The Morgan fingerprint density at radius 3 is 1.93 bits per heavy atom. The number of nitrogens with one attached hydrogen (secondary N) is 1. The lowest BCUT2D eigenvalue weighted by Gasteiger charge is -2.24. The minimum atomic E-state index is -0.489. The molecular weight excluding hydrogens is 399 g/mol. The maximum atomic E-state index is 11.8. The van der Waals surface area contributed by atoms with Crippen LogP contribution in [0.3, 0.4) is 0 Å². The first-order valence-corrected chi connectivity index (χ1v) is 8.71. The third-order valence-corrected chi connectivity index (χ3v) is 4.39. The van der Waals surface area contributed by atoms with Crippen LogP contribution < -0.4 is 5.32 Å². The molecular formula is C17H36Cl2N2O6. The molecule has 27 heavy (non-hydrogen) atoms. The Kier molecular flexibility index (Phi) is 14.7. The second kappa shape index (κ2) is 13.8. The monoisotopic (exact) mass is 434 g/mol. The first kappa shape index (κ1) is 28.9. The third-order valence-electron chi connectivity index (χ3n) is 4.39. The van der Waals surface area contributed by atoms with Crippen LogP contribution in [0.5, 0.6) is 0 Å². The van der Waals surface area contributed by atoms with E-state index in [1.54, 1.807) is 19.1 Å². The SMILES string of the molecule is CO[C@H]1CN(C(=O)OC(C)(C)C)C[C@@H]1CO.CO[C@H]1CNC[C@@H]1CO.Cl.Cl. The number of methoxy groups -OCH3 is 2. The Labute approximate surface area is 174 Å². The van der Waals surface area contributed by atoms with Gasteiger partial charge in [0.15, 0.2) is 0 Å². The van der Waals surface area contributed by atoms with E-state index in [2.05, 4.69) is 5.32 Å². The van der Waals surface area contributed by atoms with Crippen LogP contribution in [0.2, 0.25) is 0 Å². The Bertz CT molecular complexity index is 389. The minimum absolute atomic E-state index is 0. The Morgan fingerprint density at radius 1 is 1.00 bits per heavy atom. The number of hydrogen-bond donors (Lipinski definition) is 3. The quantitative estimate of drug-likeness (QED) is 0.604. The summed E-state index contributed by atoms with van der Waals surface area (Å²) in [5, 5.41) is 21.0. The van der Waals surface area contributed by atoms with E-state index in [0.29, 0.717) is 19.0 Å². The van der Waals surface area contributed by atoms with E-state index in [4.69, 9.17) is 24.4 Å². The molecule has 2 aliphatic rings. The maximum Gasteiger partial charge on any atom is 0.410 e. The van der Waals surface area contributed by atoms with Crippen molar-refractivity contribution in [2.75, 3.05) is 53.6 Å². The van der Waals surface area contributed by atoms with Crippen molar-refractivity contribution in [3.63, 3.8) is 0 Å². The molecule has 0 spiro atoms. The number of aliphatic hydroxyl groups excluding tert-OH is 2. The summed E-state index contributed by atoms with van der Waals surface area (Å²) >= 11 is 0. The molecule has 164 valence electrons. The molecule has 10 heteroatoms. The molecule has 0 aromatic heterocycles. The summed E-state index contributed by atoms with van der Waals surface area (Å²) in [5.74, 6) is 0.285. The molecule has 0 unspecified atom stereocenters. The van der Waals surface area contributed by atoms with Crippen LogP contribution in [-0.2, 0) is 14.2 Å². The van der Waals surface area contributed by atoms with Gasteiger partial charge in [-0.15, -0.1) is 24.8 Å². The molecule has 0 radical (unpaired) electrons. The molecule has 3 N–H and O–H groups in total. The van der Waals surface area contributed by atoms with Crippen molar-refractivity contribution in [3.05, 3.63) is 0 Å². The van der Waals surface area contributed by atoms with E-state index in [1.165, 1.54) is 0 Å². The van der Waals surface area contributed by atoms with E-state index >= 15 is 0 Å². The van der Waals surface area contributed by atoms with Gasteiger partial charge in [-0.1, -0.05) is 0 Å². The number of aliphatic hydroxyl groups is 2. The van der Waals surface area contributed by atoms with Gasteiger partial charge >= 0.3 is 6.09 Å². The first-order chi connectivity index (χ1) is 11.8. The molecule has 2 rings (SSSR count). The number of nitrogens with zero attached hydrogens (tertiary/aromatic N) is 1. The van der Waals surface area contributed by atoms with Gasteiger partial charge in [0.2, 0.25) is 0 Å². The van der Waals surface area contributed by atoms with E-state index < -0.39 is 5.60 Å². The molecule has 2 heterocycles. The topological polar surface area (TPSA) is 100 Å². The normalized spacial score (nSPS) is 27.1. The molecule has 2 saturated heterocycles. The predicted molar refractivity (Wildman–Crippen MR) is 108 cm³/mol. The molecule has 1 amide bonds. The highest BCUT2D eigenvalue weighted by Crippen LogP contribution is 2.21. The number of halogens is 2. The van der Waals surface area contributed by atoms with Gasteiger partial charge in [0.05, 0.1) is 25.4 Å². The van der Waals surface area contributed by atoms with Crippen molar-refractivity contribution >= 4 is 30.9 Å². The molecule has 0 aromatic rings. The van der Waals surface area contributed by atoms with Gasteiger partial charge in [0.1, 0.15) is 5.60 Å². The largest absolute Gasteiger partial charge is 0.444 e. The Balaban J connectivity index is 0. The number of ether oxygens (including phenoxy) is 3.